The Kier molecular flexibility index (Phi) is 4.90. The summed E-state index contributed by atoms with van der Waals surface area (Å²) in [7, 11) is 1.28. The number of halogens is 1. The number of aliphatic hydroxyl groups excluding tert-OH is 1. The Morgan fingerprint density at radius 1 is 1.53 bits per heavy atom. The molecule has 0 aliphatic rings. The highest BCUT2D eigenvalue weighted by atomic mass is 19.1. The van der Waals surface area contributed by atoms with Crippen LogP contribution in [0.2, 0.25) is 0 Å². The monoisotopic (exact) mass is 242 g/mol. The van der Waals surface area contributed by atoms with Crippen molar-refractivity contribution in [3.63, 3.8) is 0 Å². The fourth-order valence-electron chi connectivity index (χ4n) is 1.24. The Labute approximate surface area is 99.0 Å². The molecule has 1 rings (SSSR count). The van der Waals surface area contributed by atoms with Crippen LogP contribution in [0.25, 0.3) is 0 Å². The van der Waals surface area contributed by atoms with Gasteiger partial charge < -0.3 is 14.6 Å². The number of esters is 1. The predicted octanol–water partition coefficient (Wildman–Crippen LogP) is 1.82. The second-order valence-electron chi connectivity index (χ2n) is 3.54. The molecule has 0 aliphatic carbocycles. The molecular weight excluding hydrogens is 227 g/mol. The van der Waals surface area contributed by atoms with Crippen LogP contribution >= 0.6 is 0 Å². The Morgan fingerprint density at radius 2 is 2.24 bits per heavy atom. The summed E-state index contributed by atoms with van der Waals surface area (Å²) in [4.78, 5) is 10.8. The van der Waals surface area contributed by atoms with Gasteiger partial charge in [0, 0.05) is 0 Å². The second kappa shape index (κ2) is 6.20. The summed E-state index contributed by atoms with van der Waals surface area (Å²) < 4.78 is 23.0. The molecule has 0 saturated carbocycles. The lowest BCUT2D eigenvalue weighted by atomic mass is 10.1. The van der Waals surface area contributed by atoms with Gasteiger partial charge in [-0.3, -0.25) is 4.79 Å². The maximum absolute atomic E-state index is 13.5. The molecule has 0 spiro atoms. The molecular formula is C12H15FO4. The van der Waals surface area contributed by atoms with Crippen LogP contribution in [-0.2, 0) is 9.53 Å². The summed E-state index contributed by atoms with van der Waals surface area (Å²) in [5, 5.41) is 9.25. The maximum atomic E-state index is 13.5. The van der Waals surface area contributed by atoms with E-state index in [4.69, 9.17) is 4.74 Å². The lowest BCUT2D eigenvalue weighted by Crippen LogP contribution is -2.08. The van der Waals surface area contributed by atoms with Crippen LogP contribution in [-0.4, -0.2) is 24.8 Å². The highest BCUT2D eigenvalue weighted by molar-refractivity contribution is 5.69. The van der Waals surface area contributed by atoms with Crippen LogP contribution < -0.4 is 4.74 Å². The van der Waals surface area contributed by atoms with Crippen molar-refractivity contribution in [1.29, 1.82) is 0 Å². The van der Waals surface area contributed by atoms with Gasteiger partial charge in [0.2, 0.25) is 0 Å². The summed E-state index contributed by atoms with van der Waals surface area (Å²) >= 11 is 0. The first-order chi connectivity index (χ1) is 8.04. The van der Waals surface area contributed by atoms with Gasteiger partial charge in [-0.25, -0.2) is 4.39 Å². The van der Waals surface area contributed by atoms with Crippen LogP contribution in [0, 0.1) is 5.82 Å². The number of hydrogen-bond acceptors (Lipinski definition) is 4. The van der Waals surface area contributed by atoms with Crippen molar-refractivity contribution in [1.82, 2.24) is 0 Å². The summed E-state index contributed by atoms with van der Waals surface area (Å²) in [5.41, 5.74) is 0.475. The van der Waals surface area contributed by atoms with Gasteiger partial charge in [-0.05, 0) is 24.6 Å². The van der Waals surface area contributed by atoms with Crippen LogP contribution in [0.4, 0.5) is 4.39 Å². The third kappa shape index (κ3) is 4.03. The molecule has 1 N–H and O–H groups in total. The topological polar surface area (TPSA) is 55.8 Å². The largest absolute Gasteiger partial charge is 0.490 e. The molecule has 4 nitrogen and oxygen atoms in total. The van der Waals surface area contributed by atoms with E-state index in [9.17, 15) is 14.3 Å². The maximum Gasteiger partial charge on any atom is 0.308 e. The molecule has 0 aromatic heterocycles. The summed E-state index contributed by atoms with van der Waals surface area (Å²) in [5.74, 6) is -0.919. The highest BCUT2D eigenvalue weighted by Crippen LogP contribution is 2.21. The number of benzene rings is 1. The Morgan fingerprint density at radius 3 is 2.76 bits per heavy atom. The van der Waals surface area contributed by atoms with Gasteiger partial charge in [0.25, 0.3) is 0 Å². The molecule has 0 bridgehead atoms. The van der Waals surface area contributed by atoms with Crippen LogP contribution in [0.15, 0.2) is 18.2 Å². The first-order valence-electron chi connectivity index (χ1n) is 5.21. The lowest BCUT2D eigenvalue weighted by molar-refractivity contribution is -0.141. The fourth-order valence-corrected chi connectivity index (χ4v) is 1.24. The van der Waals surface area contributed by atoms with Crippen LogP contribution in [0.5, 0.6) is 5.75 Å². The molecule has 0 heterocycles. The minimum atomic E-state index is -0.728. The number of methoxy groups -OCH3 is 1. The normalized spacial score (nSPS) is 12.0. The number of carbonyl (C=O) groups is 1. The molecule has 1 atom stereocenters. The van der Waals surface area contributed by atoms with Gasteiger partial charge in [0.15, 0.2) is 11.6 Å². The smallest absolute Gasteiger partial charge is 0.308 e. The summed E-state index contributed by atoms with van der Waals surface area (Å²) in [6.45, 7) is 1.60. The first kappa shape index (κ1) is 13.4. The molecule has 1 aromatic rings. The van der Waals surface area contributed by atoms with E-state index in [1.807, 2.05) is 0 Å². The molecule has 5 heteroatoms. The standard InChI is InChI=1S/C12H15FO4/c1-8(14)9-3-4-11(10(13)7-9)17-6-5-12(15)16-2/h3-4,7-8,14H,5-6H2,1-2H3/t8-/m0/s1. The van der Waals surface area contributed by atoms with Crippen molar-refractivity contribution < 1.29 is 23.8 Å². The second-order valence-corrected chi connectivity index (χ2v) is 3.54. The zero-order valence-corrected chi connectivity index (χ0v) is 9.77. The summed E-state index contributed by atoms with van der Waals surface area (Å²) in [6.07, 6.45) is -0.665. The number of aliphatic hydroxyl groups is 1. The number of ether oxygens (including phenoxy) is 2. The molecule has 0 amide bonds. The lowest BCUT2D eigenvalue weighted by Gasteiger charge is -2.09. The molecule has 94 valence electrons. The van der Waals surface area contributed by atoms with Gasteiger partial charge in [0.05, 0.1) is 26.2 Å². The molecule has 0 saturated heterocycles. The molecule has 0 fully saturated rings. The first-order valence-corrected chi connectivity index (χ1v) is 5.21. The van der Waals surface area contributed by atoms with Crippen LogP contribution in [0.1, 0.15) is 25.0 Å². The van der Waals surface area contributed by atoms with Crippen molar-refractivity contribution in [2.45, 2.75) is 19.4 Å². The van der Waals surface area contributed by atoms with Crippen molar-refractivity contribution in [2.24, 2.45) is 0 Å². The van der Waals surface area contributed by atoms with Crippen molar-refractivity contribution in [2.75, 3.05) is 13.7 Å². The number of hydrogen-bond donors (Lipinski definition) is 1. The molecule has 0 radical (unpaired) electrons. The minimum absolute atomic E-state index is 0.0532. The van der Waals surface area contributed by atoms with Gasteiger partial charge in [-0.15, -0.1) is 0 Å². The minimum Gasteiger partial charge on any atom is -0.490 e. The van der Waals surface area contributed by atoms with E-state index in [0.717, 1.165) is 0 Å². The van der Waals surface area contributed by atoms with Crippen molar-refractivity contribution >= 4 is 5.97 Å². The average Bonchev–Trinajstić information content (AvgIpc) is 2.30. The summed E-state index contributed by atoms with van der Waals surface area (Å²) in [6, 6.07) is 4.20. The molecule has 17 heavy (non-hydrogen) atoms. The average molecular weight is 242 g/mol. The van der Waals surface area contributed by atoms with E-state index in [1.54, 1.807) is 13.0 Å². The van der Waals surface area contributed by atoms with E-state index in [0.29, 0.717) is 5.56 Å². The van der Waals surface area contributed by atoms with E-state index < -0.39 is 17.9 Å². The SMILES string of the molecule is COC(=O)CCOc1ccc([C@H](C)O)cc1F. The Balaban J connectivity index is 2.57. The Bertz CT molecular complexity index is 390. The number of rotatable bonds is 5. The third-order valence-corrected chi connectivity index (χ3v) is 2.23. The van der Waals surface area contributed by atoms with Crippen molar-refractivity contribution in [3.05, 3.63) is 29.6 Å². The van der Waals surface area contributed by atoms with Gasteiger partial charge in [0.1, 0.15) is 0 Å². The van der Waals surface area contributed by atoms with Gasteiger partial charge in [-0.2, -0.15) is 0 Å². The Hall–Kier alpha value is -1.62. The third-order valence-electron chi connectivity index (χ3n) is 2.23. The van der Waals surface area contributed by atoms with E-state index in [2.05, 4.69) is 4.74 Å². The van der Waals surface area contributed by atoms with E-state index in [-0.39, 0.29) is 18.8 Å². The quantitative estimate of drug-likeness (QED) is 0.800. The number of carbonyl (C=O) groups excluding carboxylic acids is 1. The fraction of sp³-hybridized carbons (Fsp3) is 0.417. The molecule has 0 unspecified atom stereocenters. The predicted molar refractivity (Wildman–Crippen MR) is 59.2 cm³/mol. The van der Waals surface area contributed by atoms with Crippen LogP contribution in [0.3, 0.4) is 0 Å². The molecule has 0 aliphatic heterocycles. The molecule has 1 aromatic carbocycles. The van der Waals surface area contributed by atoms with E-state index in [1.165, 1.54) is 19.2 Å². The van der Waals surface area contributed by atoms with Gasteiger partial charge >= 0.3 is 5.97 Å². The zero-order valence-electron chi connectivity index (χ0n) is 9.77. The van der Waals surface area contributed by atoms with Crippen molar-refractivity contribution in [3.8, 4) is 5.75 Å². The zero-order chi connectivity index (χ0) is 12.8. The highest BCUT2D eigenvalue weighted by Gasteiger charge is 2.08. The van der Waals surface area contributed by atoms with E-state index >= 15 is 0 Å². The van der Waals surface area contributed by atoms with Gasteiger partial charge in [-0.1, -0.05) is 6.07 Å².